The number of hydrogen-bond acceptors (Lipinski definition) is 3. The van der Waals surface area contributed by atoms with Crippen LogP contribution < -0.4 is 5.32 Å². The quantitative estimate of drug-likeness (QED) is 0.878. The fourth-order valence-corrected chi connectivity index (χ4v) is 1.66. The maximum absolute atomic E-state index is 12.8. The first-order chi connectivity index (χ1) is 8.78. The Bertz CT molecular complexity index is 497. The summed E-state index contributed by atoms with van der Waals surface area (Å²) in [5.41, 5.74) is 1.99. The van der Waals surface area contributed by atoms with E-state index in [2.05, 4.69) is 22.2 Å². The summed E-state index contributed by atoms with van der Waals surface area (Å²) in [5, 5.41) is 3.22. The van der Waals surface area contributed by atoms with E-state index in [-0.39, 0.29) is 5.82 Å². The molecule has 0 atom stereocenters. The molecule has 0 bridgehead atoms. The van der Waals surface area contributed by atoms with Gasteiger partial charge in [-0.2, -0.15) is 0 Å². The number of aromatic nitrogens is 2. The lowest BCUT2D eigenvalue weighted by molar-refractivity contribution is 0.627. The van der Waals surface area contributed by atoms with Crippen molar-refractivity contribution in [3.63, 3.8) is 0 Å². The van der Waals surface area contributed by atoms with Crippen molar-refractivity contribution in [3.8, 4) is 0 Å². The Balaban J connectivity index is 2.06. The molecule has 2 rings (SSSR count). The van der Waals surface area contributed by atoms with Gasteiger partial charge in [0.25, 0.3) is 0 Å². The first kappa shape index (κ1) is 12.6. The van der Waals surface area contributed by atoms with Crippen molar-refractivity contribution in [2.75, 3.05) is 6.54 Å². The monoisotopic (exact) mass is 245 g/mol. The third-order valence-corrected chi connectivity index (χ3v) is 2.59. The lowest BCUT2D eigenvalue weighted by Gasteiger charge is -2.04. The van der Waals surface area contributed by atoms with E-state index >= 15 is 0 Å². The van der Waals surface area contributed by atoms with Gasteiger partial charge in [0, 0.05) is 19.2 Å². The molecule has 0 fully saturated rings. The topological polar surface area (TPSA) is 37.8 Å². The van der Waals surface area contributed by atoms with Crippen LogP contribution in [0.5, 0.6) is 0 Å². The minimum Gasteiger partial charge on any atom is -0.311 e. The lowest BCUT2D eigenvalue weighted by Crippen LogP contribution is -2.13. The van der Waals surface area contributed by atoms with E-state index in [4.69, 9.17) is 0 Å². The highest BCUT2D eigenvalue weighted by Crippen LogP contribution is 2.07. The second-order valence-corrected chi connectivity index (χ2v) is 4.05. The smallest absolute Gasteiger partial charge is 0.132 e. The maximum Gasteiger partial charge on any atom is 0.132 e. The van der Waals surface area contributed by atoms with Gasteiger partial charge in [0.1, 0.15) is 11.6 Å². The molecule has 0 aliphatic rings. The zero-order chi connectivity index (χ0) is 12.8. The average molecular weight is 245 g/mol. The molecule has 0 aliphatic carbocycles. The largest absolute Gasteiger partial charge is 0.311 e. The summed E-state index contributed by atoms with van der Waals surface area (Å²) < 4.78 is 12.8. The summed E-state index contributed by atoms with van der Waals surface area (Å²) in [6.07, 6.45) is 2.39. The molecule has 0 amide bonds. The van der Waals surface area contributed by atoms with Gasteiger partial charge in [-0.15, -0.1) is 0 Å². The molecule has 0 saturated heterocycles. The van der Waals surface area contributed by atoms with Gasteiger partial charge >= 0.3 is 0 Å². The SMILES string of the molecule is CCNCc1ccnc(Cc2ccc(F)cc2)n1. The summed E-state index contributed by atoms with van der Waals surface area (Å²) in [4.78, 5) is 8.69. The molecule has 4 heteroatoms. The van der Waals surface area contributed by atoms with Crippen molar-refractivity contribution < 1.29 is 4.39 Å². The molecule has 0 spiro atoms. The van der Waals surface area contributed by atoms with Gasteiger partial charge in [0.05, 0.1) is 5.69 Å². The van der Waals surface area contributed by atoms with Crippen molar-refractivity contribution in [2.24, 2.45) is 0 Å². The molecule has 1 heterocycles. The van der Waals surface area contributed by atoms with Gasteiger partial charge in [-0.3, -0.25) is 0 Å². The zero-order valence-corrected chi connectivity index (χ0v) is 10.4. The van der Waals surface area contributed by atoms with Crippen LogP contribution in [-0.2, 0) is 13.0 Å². The minimum absolute atomic E-state index is 0.222. The van der Waals surface area contributed by atoms with E-state index in [1.54, 1.807) is 18.3 Å². The third-order valence-electron chi connectivity index (χ3n) is 2.59. The fraction of sp³-hybridized carbons (Fsp3) is 0.286. The number of nitrogens with zero attached hydrogens (tertiary/aromatic N) is 2. The summed E-state index contributed by atoms with van der Waals surface area (Å²) in [6.45, 7) is 3.72. The second kappa shape index (κ2) is 6.21. The summed E-state index contributed by atoms with van der Waals surface area (Å²) in [7, 11) is 0. The van der Waals surface area contributed by atoms with E-state index in [0.29, 0.717) is 6.42 Å². The second-order valence-electron chi connectivity index (χ2n) is 4.05. The van der Waals surface area contributed by atoms with E-state index in [1.807, 2.05) is 6.07 Å². The van der Waals surface area contributed by atoms with Crippen LogP contribution >= 0.6 is 0 Å². The Morgan fingerprint density at radius 2 is 1.94 bits per heavy atom. The zero-order valence-electron chi connectivity index (χ0n) is 10.4. The maximum atomic E-state index is 12.8. The number of nitrogens with one attached hydrogen (secondary N) is 1. The highest BCUT2D eigenvalue weighted by molar-refractivity contribution is 5.20. The standard InChI is InChI=1S/C14H16FN3/c1-2-16-10-13-7-8-17-14(18-13)9-11-3-5-12(15)6-4-11/h3-8,16H,2,9-10H2,1H3. The Hall–Kier alpha value is -1.81. The Labute approximate surface area is 106 Å². The molecule has 0 aliphatic heterocycles. The normalized spacial score (nSPS) is 10.6. The highest BCUT2D eigenvalue weighted by atomic mass is 19.1. The first-order valence-corrected chi connectivity index (χ1v) is 6.04. The molecular formula is C14H16FN3. The summed E-state index contributed by atoms with van der Waals surface area (Å²) in [6, 6.07) is 8.33. The Kier molecular flexibility index (Phi) is 4.36. The predicted molar refractivity (Wildman–Crippen MR) is 68.6 cm³/mol. The Morgan fingerprint density at radius 3 is 2.67 bits per heavy atom. The molecule has 18 heavy (non-hydrogen) atoms. The molecule has 0 radical (unpaired) electrons. The minimum atomic E-state index is -0.222. The van der Waals surface area contributed by atoms with Crippen LogP contribution in [0, 0.1) is 5.82 Å². The first-order valence-electron chi connectivity index (χ1n) is 6.04. The van der Waals surface area contributed by atoms with Gasteiger partial charge in [0.15, 0.2) is 0 Å². The van der Waals surface area contributed by atoms with Crippen LogP contribution in [-0.4, -0.2) is 16.5 Å². The molecule has 0 unspecified atom stereocenters. The van der Waals surface area contributed by atoms with Gasteiger partial charge in [-0.1, -0.05) is 19.1 Å². The lowest BCUT2D eigenvalue weighted by atomic mass is 10.1. The molecule has 1 aromatic carbocycles. The molecule has 1 N–H and O–H groups in total. The average Bonchev–Trinajstić information content (AvgIpc) is 2.40. The fourth-order valence-electron chi connectivity index (χ4n) is 1.66. The predicted octanol–water partition coefficient (Wildman–Crippen LogP) is 2.32. The number of rotatable bonds is 5. The number of benzene rings is 1. The van der Waals surface area contributed by atoms with E-state index < -0.39 is 0 Å². The van der Waals surface area contributed by atoms with Crippen molar-refractivity contribution >= 4 is 0 Å². The van der Waals surface area contributed by atoms with Gasteiger partial charge < -0.3 is 5.32 Å². The van der Waals surface area contributed by atoms with Crippen LogP contribution in [0.1, 0.15) is 24.0 Å². The molecule has 3 nitrogen and oxygen atoms in total. The molecular weight excluding hydrogens is 229 g/mol. The molecule has 2 aromatic rings. The van der Waals surface area contributed by atoms with Crippen LogP contribution in [0.4, 0.5) is 4.39 Å². The molecule has 94 valence electrons. The van der Waals surface area contributed by atoms with Gasteiger partial charge in [0.2, 0.25) is 0 Å². The van der Waals surface area contributed by atoms with E-state index in [1.165, 1.54) is 12.1 Å². The molecule has 0 saturated carbocycles. The number of hydrogen-bond donors (Lipinski definition) is 1. The van der Waals surface area contributed by atoms with Crippen LogP contribution in [0.15, 0.2) is 36.5 Å². The van der Waals surface area contributed by atoms with E-state index in [0.717, 1.165) is 30.2 Å². The number of halogens is 1. The van der Waals surface area contributed by atoms with Crippen LogP contribution in [0.2, 0.25) is 0 Å². The van der Waals surface area contributed by atoms with Crippen molar-refractivity contribution in [2.45, 2.75) is 19.9 Å². The van der Waals surface area contributed by atoms with E-state index in [9.17, 15) is 4.39 Å². The van der Waals surface area contributed by atoms with Crippen LogP contribution in [0.25, 0.3) is 0 Å². The van der Waals surface area contributed by atoms with Crippen molar-refractivity contribution in [3.05, 3.63) is 59.4 Å². The molecule has 1 aromatic heterocycles. The van der Waals surface area contributed by atoms with Gasteiger partial charge in [-0.05, 0) is 30.3 Å². The van der Waals surface area contributed by atoms with Crippen LogP contribution in [0.3, 0.4) is 0 Å². The van der Waals surface area contributed by atoms with Crippen molar-refractivity contribution in [1.82, 2.24) is 15.3 Å². The summed E-state index contributed by atoms with van der Waals surface area (Å²) in [5.74, 6) is 0.539. The Morgan fingerprint density at radius 1 is 1.17 bits per heavy atom. The summed E-state index contributed by atoms with van der Waals surface area (Å²) >= 11 is 0. The third kappa shape index (κ3) is 3.60. The highest BCUT2D eigenvalue weighted by Gasteiger charge is 2.01. The van der Waals surface area contributed by atoms with Crippen molar-refractivity contribution in [1.29, 1.82) is 0 Å². The van der Waals surface area contributed by atoms with Gasteiger partial charge in [-0.25, -0.2) is 14.4 Å².